The van der Waals surface area contributed by atoms with E-state index in [9.17, 15) is 4.57 Å². The van der Waals surface area contributed by atoms with Crippen molar-refractivity contribution in [3.8, 4) is 0 Å². The molecule has 3 rings (SSSR count). The monoisotopic (exact) mass is 531 g/mol. The Kier molecular flexibility index (Phi) is 5.22. The summed E-state index contributed by atoms with van der Waals surface area (Å²) in [6, 6.07) is 9.90. The van der Waals surface area contributed by atoms with Crippen LogP contribution < -0.4 is 0 Å². The Morgan fingerprint density at radius 1 is 1.05 bits per heavy atom. The highest BCUT2D eigenvalue weighted by molar-refractivity contribution is 9.94. The molecule has 4 nitrogen and oxygen atoms in total. The largest absolute Gasteiger partial charge is 0.287 e. The summed E-state index contributed by atoms with van der Waals surface area (Å²) >= 11 is 11.6. The maximum atomic E-state index is 9.97. The van der Waals surface area contributed by atoms with E-state index in [2.05, 4.69) is 72.4 Å². The normalized spacial score (nSPS) is 11.4. The Morgan fingerprint density at radius 3 is 2.37 bits per heavy atom. The van der Waals surface area contributed by atoms with Gasteiger partial charge in [-0.15, -0.1) is 0 Å². The van der Waals surface area contributed by atoms with Crippen LogP contribution in [0, 0.1) is 0 Å². The van der Waals surface area contributed by atoms with Crippen LogP contribution in [0.1, 0.15) is 0 Å². The van der Waals surface area contributed by atoms with Gasteiger partial charge in [-0.25, -0.2) is 9.97 Å². The van der Waals surface area contributed by atoms with Crippen molar-refractivity contribution in [2.75, 3.05) is 0 Å². The van der Waals surface area contributed by atoms with Crippen LogP contribution in [0.2, 0.25) is 0 Å². The predicted molar refractivity (Wildman–Crippen MR) is 92.6 cm³/mol. The number of rotatable bonds is 0. The first kappa shape index (κ1) is 15.6. The average Bonchev–Trinajstić information content (AvgIpc) is 2.63. The van der Waals surface area contributed by atoms with Gasteiger partial charge in [-0.1, -0.05) is 12.1 Å². The summed E-state index contributed by atoms with van der Waals surface area (Å²) in [7, 11) is 0. The second kappa shape index (κ2) is 6.35. The summed E-state index contributed by atoms with van der Waals surface area (Å²) in [6.07, 6.45) is 1.96. The van der Waals surface area contributed by atoms with E-state index >= 15 is 0 Å². The molecule has 0 fully saturated rings. The zero-order chi connectivity index (χ0) is 14.0. The zero-order valence-electron chi connectivity index (χ0n) is 9.17. The van der Waals surface area contributed by atoms with Crippen molar-refractivity contribution in [3.05, 3.63) is 41.1 Å². The molecule has 2 heterocycles. The van der Waals surface area contributed by atoms with E-state index in [0.717, 1.165) is 21.4 Å². The minimum Gasteiger partial charge on any atom is -0.287 e. The van der Waals surface area contributed by atoms with Gasteiger partial charge in [0.2, 0.25) is 5.78 Å². The molecule has 2 aromatic heterocycles. The summed E-state index contributed by atoms with van der Waals surface area (Å²) in [4.78, 5) is 8.68. The van der Waals surface area contributed by atoms with Crippen LogP contribution in [0.25, 0.3) is 16.8 Å². The molecule has 100 valence electrons. The molecule has 0 saturated carbocycles. The lowest BCUT2D eigenvalue weighted by molar-refractivity contribution is 0.603. The Hall–Kier alpha value is 0.250. The Morgan fingerprint density at radius 2 is 1.68 bits per heavy atom. The molecule has 3 aromatic rings. The van der Waals surface area contributed by atoms with Gasteiger partial charge in [0, 0.05) is 52.7 Å². The highest BCUT2D eigenvalue weighted by atomic mass is 80.0. The molecule has 19 heavy (non-hydrogen) atoms. The summed E-state index contributed by atoms with van der Waals surface area (Å²) in [5.41, 5.74) is 2.06. The predicted octanol–water partition coefficient (Wildman–Crippen LogP) is 5.92. The van der Waals surface area contributed by atoms with Gasteiger partial charge in [-0.05, 0) is 34.1 Å². The van der Waals surface area contributed by atoms with E-state index in [0.29, 0.717) is 0 Å². The van der Waals surface area contributed by atoms with Crippen LogP contribution in [0.15, 0.2) is 41.1 Å². The SMILES string of the molecule is Brc1ccn2c(n1)nc1ccccc12.O=P(Br)(Br)Br. The molecule has 0 atom stereocenters. The third kappa shape index (κ3) is 4.63. The number of aromatic nitrogens is 3. The van der Waals surface area contributed by atoms with Crippen molar-refractivity contribution < 1.29 is 4.57 Å². The lowest BCUT2D eigenvalue weighted by atomic mass is 10.3. The maximum Gasteiger partial charge on any atom is 0.268 e. The fraction of sp³-hybridized carbons (Fsp3) is 0. The quantitative estimate of drug-likeness (QED) is 0.266. The van der Waals surface area contributed by atoms with Gasteiger partial charge in [-0.2, -0.15) is 0 Å². The highest BCUT2D eigenvalue weighted by Gasteiger charge is 2.03. The number of hydrogen-bond donors (Lipinski definition) is 0. The molecule has 0 unspecified atom stereocenters. The van der Waals surface area contributed by atoms with Crippen LogP contribution in [0.5, 0.6) is 0 Å². The van der Waals surface area contributed by atoms with Gasteiger partial charge in [0.15, 0.2) is 0 Å². The smallest absolute Gasteiger partial charge is 0.268 e. The molecule has 0 radical (unpaired) electrons. The molecular weight excluding hydrogens is 529 g/mol. The number of nitrogens with zero attached hydrogens (tertiary/aromatic N) is 3. The molecule has 0 spiro atoms. The van der Waals surface area contributed by atoms with Crippen LogP contribution in [0.3, 0.4) is 0 Å². The number of halogens is 4. The maximum absolute atomic E-state index is 9.97. The van der Waals surface area contributed by atoms with Gasteiger partial charge in [0.05, 0.1) is 11.0 Å². The van der Waals surface area contributed by atoms with Crippen molar-refractivity contribution in [3.63, 3.8) is 0 Å². The number of fused-ring (bicyclic) bond motifs is 3. The topological polar surface area (TPSA) is 47.3 Å². The van der Waals surface area contributed by atoms with Crippen LogP contribution in [0.4, 0.5) is 0 Å². The summed E-state index contributed by atoms with van der Waals surface area (Å²) in [6.45, 7) is 0. The Bertz CT molecular complexity index is 761. The molecule has 0 amide bonds. The van der Waals surface area contributed by atoms with E-state index in [-0.39, 0.29) is 0 Å². The first-order chi connectivity index (χ1) is 8.84. The van der Waals surface area contributed by atoms with Crippen molar-refractivity contribution in [1.82, 2.24) is 14.4 Å². The van der Waals surface area contributed by atoms with Gasteiger partial charge in [-0.3, -0.25) is 8.97 Å². The fourth-order valence-corrected chi connectivity index (χ4v) is 1.80. The summed E-state index contributed by atoms with van der Waals surface area (Å²) in [5, 5.41) is 0. The van der Waals surface area contributed by atoms with E-state index in [4.69, 9.17) is 0 Å². The molecule has 1 aromatic carbocycles. The standard InChI is InChI=1S/C10H6BrN3.Br3OP/c11-9-5-6-14-8-4-2-1-3-7(8)12-10(14)13-9;1-5(2,3)4/h1-6H;. The first-order valence-electron chi connectivity index (χ1n) is 4.93. The van der Waals surface area contributed by atoms with Crippen molar-refractivity contribution in [1.29, 1.82) is 0 Å². The van der Waals surface area contributed by atoms with Crippen molar-refractivity contribution in [2.24, 2.45) is 0 Å². The lowest BCUT2D eigenvalue weighted by Crippen LogP contribution is -1.87. The van der Waals surface area contributed by atoms with E-state index in [1.165, 1.54) is 0 Å². The molecule has 0 bridgehead atoms. The summed E-state index contributed by atoms with van der Waals surface area (Å²) < 4.78 is 10.5. The lowest BCUT2D eigenvalue weighted by Gasteiger charge is -1.93. The molecular formula is C10H6Br4N3OP. The summed E-state index contributed by atoms with van der Waals surface area (Å²) in [5.74, 6) is 0.723. The zero-order valence-corrected chi connectivity index (χ0v) is 16.4. The third-order valence-corrected chi connectivity index (χ3v) is 2.59. The van der Waals surface area contributed by atoms with Crippen molar-refractivity contribution in [2.45, 2.75) is 0 Å². The molecule has 9 heteroatoms. The van der Waals surface area contributed by atoms with Gasteiger partial charge in [0.1, 0.15) is 4.60 Å². The molecule has 0 aliphatic heterocycles. The minimum atomic E-state index is -2.20. The van der Waals surface area contributed by atoms with E-state index in [1.54, 1.807) is 0 Å². The number of para-hydroxylation sites is 2. The average molecular weight is 535 g/mol. The van der Waals surface area contributed by atoms with Crippen molar-refractivity contribution >= 4 is 82.5 Å². The second-order valence-electron chi connectivity index (χ2n) is 3.42. The third-order valence-electron chi connectivity index (χ3n) is 2.15. The fourth-order valence-electron chi connectivity index (χ4n) is 1.53. The first-order valence-corrected chi connectivity index (χ1v) is 13.5. The van der Waals surface area contributed by atoms with Gasteiger partial charge < -0.3 is 0 Å². The van der Waals surface area contributed by atoms with Crippen LogP contribution >= 0.6 is 65.6 Å². The van der Waals surface area contributed by atoms with E-state index < -0.39 is 3.25 Å². The number of imidazole rings is 1. The van der Waals surface area contributed by atoms with Gasteiger partial charge >= 0.3 is 0 Å². The van der Waals surface area contributed by atoms with Crippen LogP contribution in [-0.4, -0.2) is 14.4 Å². The Balaban J connectivity index is 0.000000232. The molecule has 0 N–H and O–H groups in total. The molecule has 0 aliphatic carbocycles. The highest BCUT2D eigenvalue weighted by Crippen LogP contribution is 2.68. The van der Waals surface area contributed by atoms with Gasteiger partial charge in [0.25, 0.3) is 3.25 Å². The van der Waals surface area contributed by atoms with Crippen LogP contribution in [-0.2, 0) is 4.57 Å². The minimum absolute atomic E-state index is 0.723. The molecule has 0 saturated heterocycles. The Labute approximate surface area is 141 Å². The van der Waals surface area contributed by atoms with E-state index in [1.807, 2.05) is 40.9 Å². The number of benzene rings is 1. The second-order valence-corrected chi connectivity index (χ2v) is 22.6. The molecule has 0 aliphatic rings. The number of hydrogen-bond acceptors (Lipinski definition) is 3.